The number of aromatic nitrogens is 1. The molecule has 3 amide bonds. The first-order valence-corrected chi connectivity index (χ1v) is 14.5. The maximum absolute atomic E-state index is 14.0. The summed E-state index contributed by atoms with van der Waals surface area (Å²) in [6.45, 7) is 2.42. The Morgan fingerprint density at radius 2 is 1.80 bits per heavy atom. The molecule has 4 aromatic rings. The van der Waals surface area contributed by atoms with Crippen LogP contribution >= 0.6 is 11.3 Å². The predicted molar refractivity (Wildman–Crippen MR) is 158 cm³/mol. The molecule has 9 heteroatoms. The number of para-hydroxylation sites is 2. The number of hydrogen-bond donors (Lipinski definition) is 2. The van der Waals surface area contributed by atoms with Crippen LogP contribution in [-0.4, -0.2) is 42.7 Å². The molecule has 2 aromatic heterocycles. The van der Waals surface area contributed by atoms with Crippen molar-refractivity contribution in [1.29, 1.82) is 0 Å². The first kappa shape index (κ1) is 24.7. The van der Waals surface area contributed by atoms with Crippen molar-refractivity contribution in [3.63, 3.8) is 0 Å². The summed E-state index contributed by atoms with van der Waals surface area (Å²) in [7, 11) is 0. The van der Waals surface area contributed by atoms with E-state index >= 15 is 0 Å². The van der Waals surface area contributed by atoms with Gasteiger partial charge in [-0.25, -0.2) is 9.78 Å². The standard InChI is InChI=1S/C31H29N5O3S/c37-30(24-8-5-11-27(33-24)35-16-17-39-26-10-4-1-6-21(26)19-35)36-15-14-20-18-28(34-31(38)32-22-12-13-22)40-29(20)23-7-2-3-9-25(23)36/h1-11,18,22H,12-17,19H2,(H2,32,34,38). The van der Waals surface area contributed by atoms with E-state index in [1.54, 1.807) is 17.4 Å². The highest BCUT2D eigenvalue weighted by Crippen LogP contribution is 2.43. The summed E-state index contributed by atoms with van der Waals surface area (Å²) in [5.41, 5.74) is 4.48. The van der Waals surface area contributed by atoms with Gasteiger partial charge in [-0.3, -0.25) is 10.1 Å². The Morgan fingerprint density at radius 3 is 2.70 bits per heavy atom. The van der Waals surface area contributed by atoms with Gasteiger partial charge in [-0.2, -0.15) is 0 Å². The van der Waals surface area contributed by atoms with E-state index in [2.05, 4.69) is 21.6 Å². The van der Waals surface area contributed by atoms with Crippen LogP contribution in [0.2, 0.25) is 0 Å². The van der Waals surface area contributed by atoms with Crippen molar-refractivity contribution >= 4 is 39.8 Å². The van der Waals surface area contributed by atoms with Crippen molar-refractivity contribution in [2.75, 3.05) is 34.8 Å². The van der Waals surface area contributed by atoms with Crippen molar-refractivity contribution in [2.24, 2.45) is 0 Å². The number of ether oxygens (including phenoxy) is 1. The Morgan fingerprint density at radius 1 is 0.950 bits per heavy atom. The minimum absolute atomic E-state index is 0.127. The third-order valence-corrected chi connectivity index (χ3v) is 8.60. The van der Waals surface area contributed by atoms with E-state index in [0.29, 0.717) is 44.4 Å². The number of rotatable bonds is 4. The fraction of sp³-hybridized carbons (Fsp3) is 0.258. The Hall–Kier alpha value is -4.37. The van der Waals surface area contributed by atoms with Gasteiger partial charge in [-0.05, 0) is 55.2 Å². The first-order valence-electron chi connectivity index (χ1n) is 13.7. The van der Waals surface area contributed by atoms with Crippen LogP contribution in [0.5, 0.6) is 5.75 Å². The summed E-state index contributed by atoms with van der Waals surface area (Å²) in [5.74, 6) is 1.53. The summed E-state index contributed by atoms with van der Waals surface area (Å²) >= 11 is 1.55. The lowest BCUT2D eigenvalue weighted by molar-refractivity contribution is 0.0982. The van der Waals surface area contributed by atoms with Crippen LogP contribution in [0.1, 0.15) is 34.5 Å². The van der Waals surface area contributed by atoms with Crippen LogP contribution in [0.15, 0.2) is 72.8 Å². The third kappa shape index (κ3) is 4.88. The number of urea groups is 1. The van der Waals surface area contributed by atoms with Gasteiger partial charge in [0, 0.05) is 35.1 Å². The number of benzene rings is 2. The van der Waals surface area contributed by atoms with Gasteiger partial charge in [0.25, 0.3) is 5.91 Å². The highest BCUT2D eigenvalue weighted by molar-refractivity contribution is 7.19. The second-order valence-corrected chi connectivity index (χ2v) is 11.4. The maximum Gasteiger partial charge on any atom is 0.320 e. The zero-order chi connectivity index (χ0) is 27.1. The lowest BCUT2D eigenvalue weighted by Crippen LogP contribution is -2.34. The first-order chi connectivity index (χ1) is 19.6. The Labute approximate surface area is 236 Å². The molecule has 4 heterocycles. The topological polar surface area (TPSA) is 86.8 Å². The van der Waals surface area contributed by atoms with Gasteiger partial charge in [-0.15, -0.1) is 11.3 Å². The van der Waals surface area contributed by atoms with Gasteiger partial charge in [-0.1, -0.05) is 42.5 Å². The minimum atomic E-state index is -0.158. The van der Waals surface area contributed by atoms with Gasteiger partial charge in [0.15, 0.2) is 0 Å². The number of nitrogens with one attached hydrogen (secondary N) is 2. The number of amides is 3. The number of hydrogen-bond acceptors (Lipinski definition) is 6. The summed E-state index contributed by atoms with van der Waals surface area (Å²) in [6.07, 6.45) is 2.77. The molecule has 1 aliphatic carbocycles. The fourth-order valence-electron chi connectivity index (χ4n) is 5.31. The van der Waals surface area contributed by atoms with E-state index in [1.165, 1.54) is 0 Å². The van der Waals surface area contributed by atoms with Crippen LogP contribution in [0.4, 0.5) is 21.3 Å². The molecule has 2 N–H and O–H groups in total. The molecule has 3 aliphatic rings. The number of thiophene rings is 1. The van der Waals surface area contributed by atoms with E-state index in [-0.39, 0.29) is 11.9 Å². The zero-order valence-corrected chi connectivity index (χ0v) is 22.7. The minimum Gasteiger partial charge on any atom is -0.491 e. The smallest absolute Gasteiger partial charge is 0.320 e. The van der Waals surface area contributed by atoms with Crippen LogP contribution in [0.25, 0.3) is 10.4 Å². The molecular weight excluding hydrogens is 522 g/mol. The number of pyridine rings is 1. The summed E-state index contributed by atoms with van der Waals surface area (Å²) < 4.78 is 5.93. The van der Waals surface area contributed by atoms with Crippen molar-refractivity contribution in [2.45, 2.75) is 31.8 Å². The molecule has 2 aliphatic heterocycles. The third-order valence-electron chi connectivity index (χ3n) is 7.48. The normalized spacial score (nSPS) is 16.0. The van der Waals surface area contributed by atoms with Gasteiger partial charge in [0.2, 0.25) is 0 Å². The Balaban J connectivity index is 1.15. The van der Waals surface area contributed by atoms with E-state index in [1.807, 2.05) is 65.6 Å². The number of nitrogens with zero attached hydrogens (tertiary/aromatic N) is 3. The molecule has 40 heavy (non-hydrogen) atoms. The monoisotopic (exact) mass is 551 g/mol. The number of fused-ring (bicyclic) bond motifs is 4. The molecule has 1 saturated carbocycles. The molecule has 0 unspecified atom stereocenters. The molecule has 7 rings (SSSR count). The molecule has 2 aromatic carbocycles. The summed E-state index contributed by atoms with van der Waals surface area (Å²) in [4.78, 5) is 36.2. The highest BCUT2D eigenvalue weighted by Gasteiger charge is 2.29. The highest BCUT2D eigenvalue weighted by atomic mass is 32.1. The largest absolute Gasteiger partial charge is 0.491 e. The second-order valence-electron chi connectivity index (χ2n) is 10.3. The van der Waals surface area contributed by atoms with Crippen molar-refractivity contribution in [3.8, 4) is 16.2 Å². The molecular formula is C31H29N5O3S. The zero-order valence-electron chi connectivity index (χ0n) is 21.9. The summed E-state index contributed by atoms with van der Waals surface area (Å²) in [6, 6.07) is 23.8. The summed E-state index contributed by atoms with van der Waals surface area (Å²) in [5, 5.41) is 6.79. The number of carbonyl (C=O) groups excluding carboxylic acids is 2. The predicted octanol–water partition coefficient (Wildman–Crippen LogP) is 5.70. The molecule has 1 fully saturated rings. The molecule has 8 nitrogen and oxygen atoms in total. The Bertz CT molecular complexity index is 1600. The van der Waals surface area contributed by atoms with Gasteiger partial charge < -0.3 is 19.9 Å². The van der Waals surface area contributed by atoms with Crippen molar-refractivity contribution < 1.29 is 14.3 Å². The Kier molecular flexibility index (Phi) is 6.36. The SMILES string of the molecule is O=C(Nc1cc2c(s1)-c1ccccc1N(C(=O)c1cccc(N3CCOc4ccccc4C3)n1)CC2)NC1CC1. The van der Waals surface area contributed by atoms with Gasteiger partial charge in [0.1, 0.15) is 23.9 Å². The van der Waals surface area contributed by atoms with Crippen LogP contribution in [0.3, 0.4) is 0 Å². The molecule has 0 spiro atoms. The van der Waals surface area contributed by atoms with Gasteiger partial charge >= 0.3 is 6.03 Å². The van der Waals surface area contributed by atoms with Crippen LogP contribution in [-0.2, 0) is 13.0 Å². The molecule has 0 radical (unpaired) electrons. The van der Waals surface area contributed by atoms with E-state index in [4.69, 9.17) is 9.72 Å². The average Bonchev–Trinajstić information content (AvgIpc) is 3.76. The van der Waals surface area contributed by atoms with Crippen LogP contribution in [0, 0.1) is 0 Å². The lowest BCUT2D eigenvalue weighted by Gasteiger charge is -2.24. The van der Waals surface area contributed by atoms with Crippen molar-refractivity contribution in [3.05, 3.63) is 89.6 Å². The molecule has 0 atom stereocenters. The molecule has 0 saturated heterocycles. The number of carbonyl (C=O) groups is 2. The van der Waals surface area contributed by atoms with E-state index in [9.17, 15) is 9.59 Å². The quantitative estimate of drug-likeness (QED) is 0.340. The molecule has 202 valence electrons. The van der Waals surface area contributed by atoms with E-state index in [0.717, 1.165) is 56.7 Å². The average molecular weight is 552 g/mol. The maximum atomic E-state index is 14.0. The van der Waals surface area contributed by atoms with E-state index < -0.39 is 0 Å². The van der Waals surface area contributed by atoms with Gasteiger partial charge in [0.05, 0.1) is 17.2 Å². The number of anilines is 3. The molecule has 0 bridgehead atoms. The van der Waals surface area contributed by atoms with Crippen LogP contribution < -0.4 is 25.2 Å². The lowest BCUT2D eigenvalue weighted by atomic mass is 10.1. The fourth-order valence-corrected chi connectivity index (χ4v) is 6.45. The van der Waals surface area contributed by atoms with Crippen molar-refractivity contribution in [1.82, 2.24) is 10.3 Å². The second kappa shape index (κ2) is 10.3.